The summed E-state index contributed by atoms with van der Waals surface area (Å²) in [5.74, 6) is -0.00359. The molecular formula is C15H19N3O3. The maximum atomic E-state index is 10.6. The fourth-order valence-corrected chi connectivity index (χ4v) is 1.95. The zero-order valence-corrected chi connectivity index (χ0v) is 12.2. The molecule has 0 amide bonds. The molecule has 1 aromatic heterocycles. The largest absolute Gasteiger partial charge is 0.492 e. The number of rotatable bonds is 7. The zero-order chi connectivity index (χ0) is 15.2. The van der Waals surface area contributed by atoms with Crippen molar-refractivity contribution in [2.45, 2.75) is 33.2 Å². The summed E-state index contributed by atoms with van der Waals surface area (Å²) in [7, 11) is 0. The van der Waals surface area contributed by atoms with Gasteiger partial charge in [0.25, 0.3) is 0 Å². The third-order valence-electron chi connectivity index (χ3n) is 3.25. The third kappa shape index (κ3) is 4.30. The fourth-order valence-electron chi connectivity index (χ4n) is 1.95. The van der Waals surface area contributed by atoms with Crippen LogP contribution >= 0.6 is 0 Å². The number of carbonyl (C=O) groups is 1. The minimum absolute atomic E-state index is 0.0688. The Morgan fingerprint density at radius 2 is 2.00 bits per heavy atom. The number of nitrogens with zero attached hydrogens (tertiary/aromatic N) is 3. The van der Waals surface area contributed by atoms with Crippen molar-refractivity contribution in [2.24, 2.45) is 0 Å². The molecule has 0 spiro atoms. The van der Waals surface area contributed by atoms with Crippen LogP contribution in [0.1, 0.15) is 23.4 Å². The van der Waals surface area contributed by atoms with Gasteiger partial charge in [0.15, 0.2) is 0 Å². The van der Waals surface area contributed by atoms with Crippen molar-refractivity contribution in [1.29, 1.82) is 0 Å². The Labute approximate surface area is 123 Å². The van der Waals surface area contributed by atoms with Gasteiger partial charge in [-0.25, -0.2) is 4.68 Å². The van der Waals surface area contributed by atoms with E-state index in [1.165, 1.54) is 5.56 Å². The van der Waals surface area contributed by atoms with Gasteiger partial charge >= 0.3 is 5.97 Å². The summed E-state index contributed by atoms with van der Waals surface area (Å²) in [5, 5.41) is 16.7. The van der Waals surface area contributed by atoms with Gasteiger partial charge in [-0.3, -0.25) is 4.79 Å². The van der Waals surface area contributed by atoms with Gasteiger partial charge in [-0.1, -0.05) is 22.9 Å². The molecule has 2 aromatic rings. The number of hydrogen-bond acceptors (Lipinski definition) is 4. The van der Waals surface area contributed by atoms with E-state index >= 15 is 0 Å². The summed E-state index contributed by atoms with van der Waals surface area (Å²) in [6, 6.07) is 7.86. The molecule has 2 rings (SSSR count). The molecule has 0 unspecified atom stereocenters. The van der Waals surface area contributed by atoms with Crippen LogP contribution in [0.4, 0.5) is 0 Å². The Morgan fingerprint density at radius 1 is 1.29 bits per heavy atom. The lowest BCUT2D eigenvalue weighted by atomic mass is 10.2. The molecule has 6 nitrogen and oxygen atoms in total. The van der Waals surface area contributed by atoms with Gasteiger partial charge in [-0.15, -0.1) is 5.10 Å². The molecular weight excluding hydrogens is 270 g/mol. The molecule has 1 heterocycles. The number of carboxylic acid groups (broad SMARTS) is 1. The molecule has 0 atom stereocenters. The van der Waals surface area contributed by atoms with Crippen LogP contribution in [0, 0.1) is 13.8 Å². The maximum Gasteiger partial charge on any atom is 0.303 e. The van der Waals surface area contributed by atoms with Crippen LogP contribution in [-0.2, 0) is 17.8 Å². The summed E-state index contributed by atoms with van der Waals surface area (Å²) in [4.78, 5) is 10.6. The van der Waals surface area contributed by atoms with Gasteiger partial charge in [-0.05, 0) is 26.0 Å². The van der Waals surface area contributed by atoms with Crippen molar-refractivity contribution in [3.05, 3.63) is 41.2 Å². The van der Waals surface area contributed by atoms with Crippen LogP contribution < -0.4 is 4.74 Å². The zero-order valence-electron chi connectivity index (χ0n) is 12.2. The Kier molecular flexibility index (Phi) is 4.92. The van der Waals surface area contributed by atoms with Crippen LogP contribution in [0.3, 0.4) is 0 Å². The van der Waals surface area contributed by atoms with Crippen molar-refractivity contribution < 1.29 is 14.6 Å². The van der Waals surface area contributed by atoms with Crippen molar-refractivity contribution in [1.82, 2.24) is 15.0 Å². The molecule has 1 N–H and O–H groups in total. The van der Waals surface area contributed by atoms with Crippen LogP contribution in [0.2, 0.25) is 0 Å². The highest BCUT2D eigenvalue weighted by molar-refractivity contribution is 5.67. The van der Waals surface area contributed by atoms with E-state index < -0.39 is 5.97 Å². The van der Waals surface area contributed by atoms with Gasteiger partial charge in [-0.2, -0.15) is 0 Å². The molecule has 0 saturated heterocycles. The van der Waals surface area contributed by atoms with Crippen LogP contribution in [0.15, 0.2) is 24.3 Å². The molecule has 0 bridgehead atoms. The molecule has 0 fully saturated rings. The van der Waals surface area contributed by atoms with Gasteiger partial charge in [0.2, 0.25) is 0 Å². The molecule has 0 aliphatic carbocycles. The fraction of sp³-hybridized carbons (Fsp3) is 0.400. The number of aromatic nitrogens is 3. The Hall–Kier alpha value is -2.37. The second kappa shape index (κ2) is 6.88. The van der Waals surface area contributed by atoms with E-state index in [2.05, 4.69) is 10.3 Å². The average Bonchev–Trinajstić information content (AvgIpc) is 2.80. The van der Waals surface area contributed by atoms with Gasteiger partial charge in [0.05, 0.1) is 24.4 Å². The second-order valence-electron chi connectivity index (χ2n) is 4.90. The van der Waals surface area contributed by atoms with Crippen LogP contribution in [-0.4, -0.2) is 32.7 Å². The summed E-state index contributed by atoms with van der Waals surface area (Å²) in [5.41, 5.74) is 2.81. The van der Waals surface area contributed by atoms with E-state index in [-0.39, 0.29) is 6.42 Å². The molecule has 1 aromatic carbocycles. The quantitative estimate of drug-likeness (QED) is 0.843. The van der Waals surface area contributed by atoms with E-state index in [1.807, 2.05) is 38.1 Å². The molecule has 0 aliphatic heterocycles. The van der Waals surface area contributed by atoms with E-state index in [0.29, 0.717) is 19.6 Å². The first-order valence-corrected chi connectivity index (χ1v) is 6.86. The summed E-state index contributed by atoms with van der Waals surface area (Å²) >= 11 is 0. The normalized spacial score (nSPS) is 10.6. The molecule has 6 heteroatoms. The molecule has 0 saturated carbocycles. The van der Waals surface area contributed by atoms with Crippen LogP contribution in [0.25, 0.3) is 0 Å². The smallest absolute Gasteiger partial charge is 0.303 e. The third-order valence-corrected chi connectivity index (χ3v) is 3.25. The van der Waals surface area contributed by atoms with Gasteiger partial charge < -0.3 is 9.84 Å². The van der Waals surface area contributed by atoms with E-state index in [4.69, 9.17) is 9.84 Å². The van der Waals surface area contributed by atoms with E-state index in [0.717, 1.165) is 17.1 Å². The SMILES string of the molecule is Cc1ccc(OCCn2nnc(CCC(=O)O)c2C)cc1. The molecule has 21 heavy (non-hydrogen) atoms. The maximum absolute atomic E-state index is 10.6. The highest BCUT2D eigenvalue weighted by Crippen LogP contribution is 2.12. The first kappa shape index (κ1) is 15.0. The second-order valence-corrected chi connectivity index (χ2v) is 4.90. The highest BCUT2D eigenvalue weighted by atomic mass is 16.5. The average molecular weight is 289 g/mol. The van der Waals surface area contributed by atoms with Gasteiger partial charge in [0, 0.05) is 6.42 Å². The first-order valence-electron chi connectivity index (χ1n) is 6.86. The van der Waals surface area contributed by atoms with Crippen molar-refractivity contribution in [3.8, 4) is 5.75 Å². The summed E-state index contributed by atoms with van der Waals surface area (Å²) in [6.45, 7) is 5.00. The number of carboxylic acids is 1. The number of hydrogen-bond donors (Lipinski definition) is 1. The standard InChI is InChI=1S/C15H19N3O3/c1-11-3-5-13(6-4-11)21-10-9-18-12(2)14(16-17-18)7-8-15(19)20/h3-6H,7-10H2,1-2H3,(H,19,20). The van der Waals surface area contributed by atoms with E-state index in [9.17, 15) is 4.79 Å². The minimum atomic E-state index is -0.827. The predicted octanol–water partition coefficient (Wildman–Crippen LogP) is 1.99. The minimum Gasteiger partial charge on any atom is -0.492 e. The lowest BCUT2D eigenvalue weighted by Gasteiger charge is -2.07. The molecule has 112 valence electrons. The Balaban J connectivity index is 1.85. The number of ether oxygens (including phenoxy) is 1. The topological polar surface area (TPSA) is 77.2 Å². The van der Waals surface area contributed by atoms with Crippen molar-refractivity contribution >= 4 is 5.97 Å². The highest BCUT2D eigenvalue weighted by Gasteiger charge is 2.10. The Bertz CT molecular complexity index is 605. The van der Waals surface area contributed by atoms with Crippen LogP contribution in [0.5, 0.6) is 5.75 Å². The predicted molar refractivity (Wildman–Crippen MR) is 77.4 cm³/mol. The van der Waals surface area contributed by atoms with Crippen molar-refractivity contribution in [3.63, 3.8) is 0 Å². The lowest BCUT2D eigenvalue weighted by molar-refractivity contribution is -0.136. The monoisotopic (exact) mass is 289 g/mol. The summed E-state index contributed by atoms with van der Waals surface area (Å²) < 4.78 is 7.39. The lowest BCUT2D eigenvalue weighted by Crippen LogP contribution is -2.11. The number of benzene rings is 1. The summed E-state index contributed by atoms with van der Waals surface area (Å²) in [6.07, 6.45) is 0.472. The number of aryl methyl sites for hydroxylation is 2. The Morgan fingerprint density at radius 3 is 2.67 bits per heavy atom. The molecule has 0 aliphatic rings. The molecule has 0 radical (unpaired) electrons. The first-order chi connectivity index (χ1) is 10.1. The van der Waals surface area contributed by atoms with Gasteiger partial charge in [0.1, 0.15) is 12.4 Å². The number of aliphatic carboxylic acids is 1. The van der Waals surface area contributed by atoms with Crippen molar-refractivity contribution in [2.75, 3.05) is 6.61 Å². The van der Waals surface area contributed by atoms with E-state index in [1.54, 1.807) is 4.68 Å².